The predicted octanol–water partition coefficient (Wildman–Crippen LogP) is 2.27. The third kappa shape index (κ3) is 3.10. The van der Waals surface area contributed by atoms with Gasteiger partial charge >= 0.3 is 5.97 Å². The van der Waals surface area contributed by atoms with Gasteiger partial charge in [0.2, 0.25) is 5.91 Å². The Hall–Kier alpha value is -1.36. The summed E-state index contributed by atoms with van der Waals surface area (Å²) in [6.45, 7) is 0.792. The number of piperidine rings is 1. The molecule has 0 saturated carbocycles. The highest BCUT2D eigenvalue weighted by Gasteiger charge is 2.29. The van der Waals surface area contributed by atoms with Gasteiger partial charge in [-0.1, -0.05) is 28.1 Å². The predicted molar refractivity (Wildman–Crippen MR) is 69.9 cm³/mol. The number of likely N-dealkylation sites (tertiary alicyclic amines) is 1. The molecule has 1 aliphatic rings. The van der Waals surface area contributed by atoms with Crippen molar-refractivity contribution in [1.82, 2.24) is 4.90 Å². The van der Waals surface area contributed by atoms with Gasteiger partial charge in [-0.2, -0.15) is 0 Å². The van der Waals surface area contributed by atoms with Crippen molar-refractivity contribution in [2.75, 3.05) is 6.54 Å². The van der Waals surface area contributed by atoms with E-state index in [4.69, 9.17) is 5.11 Å². The summed E-state index contributed by atoms with van der Waals surface area (Å²) in [4.78, 5) is 24.3. The summed E-state index contributed by atoms with van der Waals surface area (Å²) in [7, 11) is 0. The van der Waals surface area contributed by atoms with Gasteiger partial charge in [0.1, 0.15) is 0 Å². The van der Waals surface area contributed by atoms with Crippen LogP contribution in [0.1, 0.15) is 18.4 Å². The van der Waals surface area contributed by atoms with Crippen LogP contribution in [-0.4, -0.2) is 28.4 Å². The van der Waals surface area contributed by atoms with Crippen molar-refractivity contribution < 1.29 is 14.7 Å². The molecule has 1 N–H and O–H groups in total. The number of nitrogens with zero attached hydrogens (tertiary/aromatic N) is 1. The molecule has 0 spiro atoms. The second-order valence-electron chi connectivity index (χ2n) is 4.47. The van der Waals surface area contributed by atoms with E-state index in [0.717, 1.165) is 10.0 Å². The molecule has 2 rings (SSSR count). The van der Waals surface area contributed by atoms with Gasteiger partial charge in [-0.25, -0.2) is 0 Å². The molecule has 0 aliphatic carbocycles. The molecular formula is C13H14BrNO3. The molecule has 1 fully saturated rings. The van der Waals surface area contributed by atoms with E-state index in [1.807, 2.05) is 24.3 Å². The topological polar surface area (TPSA) is 57.6 Å². The quantitative estimate of drug-likeness (QED) is 0.931. The average Bonchev–Trinajstić information content (AvgIpc) is 2.34. The van der Waals surface area contributed by atoms with Crippen molar-refractivity contribution in [3.63, 3.8) is 0 Å². The number of carboxylic acid groups (broad SMARTS) is 1. The molecule has 0 radical (unpaired) electrons. The van der Waals surface area contributed by atoms with Crippen LogP contribution in [0.3, 0.4) is 0 Å². The van der Waals surface area contributed by atoms with Crippen LogP contribution in [0.5, 0.6) is 0 Å². The van der Waals surface area contributed by atoms with Crippen molar-refractivity contribution in [3.05, 3.63) is 34.3 Å². The molecule has 0 aromatic heterocycles. The zero-order valence-corrected chi connectivity index (χ0v) is 11.4. The number of aliphatic carboxylic acids is 1. The van der Waals surface area contributed by atoms with Crippen LogP contribution < -0.4 is 0 Å². The highest BCUT2D eigenvalue weighted by molar-refractivity contribution is 9.10. The first-order valence-corrected chi connectivity index (χ1v) is 6.60. The van der Waals surface area contributed by atoms with E-state index in [9.17, 15) is 9.59 Å². The minimum absolute atomic E-state index is 0.0374. The van der Waals surface area contributed by atoms with Gasteiger partial charge in [0.25, 0.3) is 0 Å². The SMILES string of the molecule is O=C(O)C1CCC(=O)N(Cc2ccc(Br)cc2)C1. The monoisotopic (exact) mass is 311 g/mol. The van der Waals surface area contributed by atoms with Crippen molar-refractivity contribution in [2.24, 2.45) is 5.92 Å². The molecule has 1 aromatic carbocycles. The van der Waals surface area contributed by atoms with E-state index < -0.39 is 11.9 Å². The summed E-state index contributed by atoms with van der Waals surface area (Å²) < 4.78 is 0.986. The zero-order valence-electron chi connectivity index (χ0n) is 9.80. The van der Waals surface area contributed by atoms with E-state index in [1.54, 1.807) is 4.90 Å². The molecule has 0 bridgehead atoms. The second-order valence-corrected chi connectivity index (χ2v) is 5.39. The summed E-state index contributed by atoms with van der Waals surface area (Å²) in [6, 6.07) is 7.69. The summed E-state index contributed by atoms with van der Waals surface area (Å²) in [5.74, 6) is -1.21. The normalized spacial score (nSPS) is 19.9. The Labute approximate surface area is 114 Å². The Balaban J connectivity index is 2.04. The van der Waals surface area contributed by atoms with Crippen LogP contribution in [0.4, 0.5) is 0 Å². The van der Waals surface area contributed by atoms with E-state index in [0.29, 0.717) is 25.9 Å². The van der Waals surface area contributed by atoms with E-state index in [-0.39, 0.29) is 5.91 Å². The molecule has 1 heterocycles. The number of halogens is 1. The number of carboxylic acids is 1. The molecule has 1 unspecified atom stereocenters. The number of carbonyl (C=O) groups is 2. The highest BCUT2D eigenvalue weighted by atomic mass is 79.9. The number of benzene rings is 1. The Morgan fingerprint density at radius 2 is 2.06 bits per heavy atom. The number of amides is 1. The minimum atomic E-state index is -0.816. The van der Waals surface area contributed by atoms with Gasteiger partial charge in [0, 0.05) is 24.0 Å². The Morgan fingerprint density at radius 3 is 2.67 bits per heavy atom. The second kappa shape index (κ2) is 5.52. The molecule has 1 aliphatic heterocycles. The molecule has 4 nitrogen and oxygen atoms in total. The van der Waals surface area contributed by atoms with Gasteiger partial charge in [-0.05, 0) is 24.1 Å². The lowest BCUT2D eigenvalue weighted by Gasteiger charge is -2.30. The highest BCUT2D eigenvalue weighted by Crippen LogP contribution is 2.20. The maximum Gasteiger partial charge on any atom is 0.308 e. The fourth-order valence-corrected chi connectivity index (χ4v) is 2.34. The van der Waals surface area contributed by atoms with Crippen molar-refractivity contribution in [2.45, 2.75) is 19.4 Å². The van der Waals surface area contributed by atoms with Gasteiger partial charge in [-0.15, -0.1) is 0 Å². The molecule has 1 atom stereocenters. The van der Waals surface area contributed by atoms with Crippen LogP contribution in [-0.2, 0) is 16.1 Å². The molecule has 18 heavy (non-hydrogen) atoms. The van der Waals surface area contributed by atoms with Gasteiger partial charge < -0.3 is 10.0 Å². The van der Waals surface area contributed by atoms with Gasteiger partial charge in [0.05, 0.1) is 5.92 Å². The van der Waals surface area contributed by atoms with Crippen molar-refractivity contribution in [3.8, 4) is 0 Å². The first kappa shape index (κ1) is 13.1. The fourth-order valence-electron chi connectivity index (χ4n) is 2.08. The van der Waals surface area contributed by atoms with Crippen molar-refractivity contribution in [1.29, 1.82) is 0 Å². The Bertz CT molecular complexity index is 458. The summed E-state index contributed by atoms with van der Waals surface area (Å²) >= 11 is 3.35. The average molecular weight is 312 g/mol. The maximum absolute atomic E-state index is 11.8. The van der Waals surface area contributed by atoms with Gasteiger partial charge in [0.15, 0.2) is 0 Å². The molecule has 5 heteroatoms. The fraction of sp³-hybridized carbons (Fsp3) is 0.385. The third-order valence-corrected chi connectivity index (χ3v) is 3.66. The lowest BCUT2D eigenvalue weighted by molar-refractivity contribution is -0.147. The smallest absolute Gasteiger partial charge is 0.308 e. The van der Waals surface area contributed by atoms with E-state index in [2.05, 4.69) is 15.9 Å². The number of hydrogen-bond acceptors (Lipinski definition) is 2. The lowest BCUT2D eigenvalue weighted by atomic mass is 9.97. The van der Waals surface area contributed by atoms with Crippen molar-refractivity contribution >= 4 is 27.8 Å². The molecule has 1 saturated heterocycles. The Morgan fingerprint density at radius 1 is 1.39 bits per heavy atom. The summed E-state index contributed by atoms with van der Waals surface area (Å²) in [5.41, 5.74) is 1.01. The van der Waals surface area contributed by atoms with E-state index >= 15 is 0 Å². The molecular weight excluding hydrogens is 298 g/mol. The third-order valence-electron chi connectivity index (χ3n) is 3.14. The molecule has 1 aromatic rings. The molecule has 96 valence electrons. The molecule has 1 amide bonds. The number of carbonyl (C=O) groups excluding carboxylic acids is 1. The van der Waals surface area contributed by atoms with E-state index in [1.165, 1.54) is 0 Å². The van der Waals surface area contributed by atoms with Crippen LogP contribution in [0.2, 0.25) is 0 Å². The summed E-state index contributed by atoms with van der Waals surface area (Å²) in [5, 5.41) is 9.00. The van der Waals surface area contributed by atoms with Gasteiger partial charge in [-0.3, -0.25) is 9.59 Å². The summed E-state index contributed by atoms with van der Waals surface area (Å²) in [6.07, 6.45) is 0.776. The minimum Gasteiger partial charge on any atom is -0.481 e. The van der Waals surface area contributed by atoms with Crippen LogP contribution in [0, 0.1) is 5.92 Å². The number of rotatable bonds is 3. The standard InChI is InChI=1S/C13H14BrNO3/c14-11-4-1-9(2-5-11)7-15-8-10(13(17)18)3-6-12(15)16/h1-2,4-5,10H,3,6-8H2,(H,17,18). The maximum atomic E-state index is 11.8. The lowest BCUT2D eigenvalue weighted by Crippen LogP contribution is -2.41. The zero-order chi connectivity index (χ0) is 13.1. The van der Waals surface area contributed by atoms with Crippen LogP contribution in [0.25, 0.3) is 0 Å². The largest absolute Gasteiger partial charge is 0.481 e. The number of hydrogen-bond donors (Lipinski definition) is 1. The van der Waals surface area contributed by atoms with Crippen LogP contribution >= 0.6 is 15.9 Å². The first-order chi connectivity index (χ1) is 8.56. The van der Waals surface area contributed by atoms with Crippen LogP contribution in [0.15, 0.2) is 28.7 Å². The first-order valence-electron chi connectivity index (χ1n) is 5.81. The Kier molecular flexibility index (Phi) is 4.01.